The molecule has 1 amide bonds. The summed E-state index contributed by atoms with van der Waals surface area (Å²) in [5.41, 5.74) is 3.99. The Balaban J connectivity index is 1.96. The molecule has 1 aromatic heterocycles. The maximum atomic E-state index is 13.5. The van der Waals surface area contributed by atoms with Crippen LogP contribution < -0.4 is 5.32 Å². The van der Waals surface area contributed by atoms with Gasteiger partial charge in [-0.05, 0) is 37.3 Å². The zero-order valence-corrected chi connectivity index (χ0v) is 11.2. The molecule has 0 radical (unpaired) electrons. The topological polar surface area (TPSA) is 51.2 Å². The van der Waals surface area contributed by atoms with Crippen LogP contribution in [0.5, 0.6) is 0 Å². The first-order chi connectivity index (χ1) is 10.1. The summed E-state index contributed by atoms with van der Waals surface area (Å²) in [5.74, 6) is -0.193. The summed E-state index contributed by atoms with van der Waals surface area (Å²) in [6.45, 7) is 2.23. The lowest BCUT2D eigenvalue weighted by Gasteiger charge is -2.04. The van der Waals surface area contributed by atoms with Crippen LogP contribution in [0.1, 0.15) is 22.5 Å². The second kappa shape index (κ2) is 4.15. The molecular formula is C16H11FN2O2. The maximum Gasteiger partial charge on any atom is 0.260 e. The van der Waals surface area contributed by atoms with E-state index in [-0.39, 0.29) is 11.7 Å². The van der Waals surface area contributed by atoms with Gasteiger partial charge in [0.25, 0.3) is 5.91 Å². The van der Waals surface area contributed by atoms with Gasteiger partial charge in [-0.15, -0.1) is 0 Å². The van der Waals surface area contributed by atoms with Crippen LogP contribution in [-0.4, -0.2) is 10.9 Å². The van der Waals surface area contributed by atoms with Gasteiger partial charge in [-0.25, -0.2) is 4.39 Å². The number of benzene rings is 1. The third kappa shape index (κ3) is 1.74. The van der Waals surface area contributed by atoms with Crippen LogP contribution in [0.4, 0.5) is 10.1 Å². The average molecular weight is 282 g/mol. The minimum absolute atomic E-state index is 0.279. The van der Waals surface area contributed by atoms with E-state index < -0.39 is 0 Å². The summed E-state index contributed by atoms with van der Waals surface area (Å²) in [4.78, 5) is 16.6. The zero-order valence-electron chi connectivity index (χ0n) is 11.2. The Morgan fingerprint density at radius 3 is 2.95 bits per heavy atom. The molecule has 4 nitrogen and oxygen atoms in total. The molecule has 104 valence electrons. The van der Waals surface area contributed by atoms with E-state index in [0.717, 1.165) is 17.0 Å². The van der Waals surface area contributed by atoms with Crippen LogP contribution in [0.15, 0.2) is 30.3 Å². The number of aromatic nitrogens is 1. The van der Waals surface area contributed by atoms with Gasteiger partial charge < -0.3 is 10.1 Å². The number of pyridine rings is 1. The molecule has 0 spiro atoms. The van der Waals surface area contributed by atoms with Gasteiger partial charge in [-0.1, -0.05) is 0 Å². The van der Waals surface area contributed by atoms with Crippen molar-refractivity contribution in [3.8, 4) is 0 Å². The fraction of sp³-hybridized carbons (Fsp3) is 0.125. The molecule has 1 N–H and O–H groups in total. The molecule has 0 unspecified atom stereocenters. The van der Waals surface area contributed by atoms with Crippen LogP contribution in [0.25, 0.3) is 11.3 Å². The summed E-state index contributed by atoms with van der Waals surface area (Å²) in [5, 5.41) is 2.73. The third-order valence-electron chi connectivity index (χ3n) is 3.66. The molecule has 5 heteroatoms. The molecule has 0 saturated heterocycles. The second-order valence-corrected chi connectivity index (χ2v) is 5.08. The van der Waals surface area contributed by atoms with E-state index in [9.17, 15) is 9.18 Å². The van der Waals surface area contributed by atoms with E-state index in [1.54, 1.807) is 6.07 Å². The van der Waals surface area contributed by atoms with Gasteiger partial charge in [0.15, 0.2) is 0 Å². The van der Waals surface area contributed by atoms with Crippen molar-refractivity contribution in [2.45, 2.75) is 13.5 Å². The Morgan fingerprint density at radius 2 is 2.10 bits per heavy atom. The molecule has 0 fully saturated rings. The molecule has 2 aromatic rings. The lowest BCUT2D eigenvalue weighted by molar-refractivity contribution is -0.110. The minimum atomic E-state index is -0.386. The van der Waals surface area contributed by atoms with Crippen LogP contribution in [0.3, 0.4) is 0 Å². The molecule has 21 heavy (non-hydrogen) atoms. The van der Waals surface area contributed by atoms with Crippen molar-refractivity contribution in [3.63, 3.8) is 0 Å². The number of fused-ring (bicyclic) bond motifs is 2. The van der Waals surface area contributed by atoms with E-state index >= 15 is 0 Å². The van der Waals surface area contributed by atoms with Gasteiger partial charge >= 0.3 is 0 Å². The van der Waals surface area contributed by atoms with Gasteiger partial charge in [0.2, 0.25) is 0 Å². The van der Waals surface area contributed by atoms with E-state index in [1.165, 1.54) is 12.1 Å². The molecular weight excluding hydrogens is 271 g/mol. The number of amides is 1. The van der Waals surface area contributed by atoms with Gasteiger partial charge in [0.05, 0.1) is 11.3 Å². The first-order valence-corrected chi connectivity index (χ1v) is 6.59. The number of aryl methyl sites for hydroxylation is 1. The standard InChI is InChI=1S/C16H11FN2O2/c1-8-2-4-10-13(18-8)7-21-15(10)14-11-6-9(17)3-5-12(11)19-16(14)20/h2-6H,7H2,1H3,(H,19,20). The number of halogens is 1. The number of anilines is 1. The average Bonchev–Trinajstić information content (AvgIpc) is 2.98. The molecule has 1 aromatic carbocycles. The number of carbonyl (C=O) groups is 1. The summed E-state index contributed by atoms with van der Waals surface area (Å²) in [7, 11) is 0. The summed E-state index contributed by atoms with van der Waals surface area (Å²) < 4.78 is 19.1. The quantitative estimate of drug-likeness (QED) is 0.756. The Hall–Kier alpha value is -2.69. The predicted molar refractivity (Wildman–Crippen MR) is 75.6 cm³/mol. The lowest BCUT2D eigenvalue weighted by atomic mass is 10.0. The van der Waals surface area contributed by atoms with Gasteiger partial charge in [0, 0.05) is 22.5 Å². The van der Waals surface area contributed by atoms with E-state index in [2.05, 4.69) is 10.3 Å². The summed E-state index contributed by atoms with van der Waals surface area (Å²) in [6.07, 6.45) is 0. The van der Waals surface area contributed by atoms with Gasteiger partial charge in [-0.2, -0.15) is 0 Å². The van der Waals surface area contributed by atoms with Crippen molar-refractivity contribution in [2.24, 2.45) is 0 Å². The normalized spacial score (nSPS) is 19.0. The molecule has 2 aliphatic rings. The number of rotatable bonds is 0. The number of hydrogen-bond acceptors (Lipinski definition) is 3. The first-order valence-electron chi connectivity index (χ1n) is 6.59. The SMILES string of the molecule is Cc1ccc2c(n1)COC2=C1C(=O)Nc2ccc(F)cc21. The second-order valence-electron chi connectivity index (χ2n) is 5.08. The lowest BCUT2D eigenvalue weighted by Crippen LogP contribution is -2.05. The smallest absolute Gasteiger partial charge is 0.260 e. The molecule has 4 rings (SSSR count). The van der Waals surface area contributed by atoms with Crippen molar-refractivity contribution < 1.29 is 13.9 Å². The van der Waals surface area contributed by atoms with Crippen molar-refractivity contribution >= 4 is 22.9 Å². The Bertz CT molecular complexity index is 827. The van der Waals surface area contributed by atoms with Crippen LogP contribution in [-0.2, 0) is 16.1 Å². The van der Waals surface area contributed by atoms with E-state index in [0.29, 0.717) is 29.2 Å². The van der Waals surface area contributed by atoms with Crippen molar-refractivity contribution in [3.05, 3.63) is 58.7 Å². The summed E-state index contributed by atoms with van der Waals surface area (Å²) in [6, 6.07) is 7.98. The van der Waals surface area contributed by atoms with Crippen LogP contribution in [0, 0.1) is 12.7 Å². The van der Waals surface area contributed by atoms with E-state index in [4.69, 9.17) is 4.74 Å². The maximum absolute atomic E-state index is 13.5. The molecule has 0 atom stereocenters. The third-order valence-corrected chi connectivity index (χ3v) is 3.66. The van der Waals surface area contributed by atoms with Crippen LogP contribution in [0.2, 0.25) is 0 Å². The first kappa shape index (κ1) is 12.1. The fourth-order valence-corrected chi connectivity index (χ4v) is 2.72. The molecule has 0 bridgehead atoms. The molecule has 0 saturated carbocycles. The fourth-order valence-electron chi connectivity index (χ4n) is 2.72. The number of hydrogen-bond donors (Lipinski definition) is 1. The Morgan fingerprint density at radius 1 is 1.24 bits per heavy atom. The van der Waals surface area contributed by atoms with Crippen molar-refractivity contribution in [1.82, 2.24) is 4.98 Å². The number of carbonyl (C=O) groups excluding carboxylic acids is 1. The highest BCUT2D eigenvalue weighted by Gasteiger charge is 2.33. The predicted octanol–water partition coefficient (Wildman–Crippen LogP) is 2.88. The number of ether oxygens (including phenoxy) is 1. The highest BCUT2D eigenvalue weighted by molar-refractivity contribution is 6.36. The highest BCUT2D eigenvalue weighted by atomic mass is 19.1. The highest BCUT2D eigenvalue weighted by Crippen LogP contribution is 2.41. The monoisotopic (exact) mass is 282 g/mol. The molecule has 2 aliphatic heterocycles. The Labute approximate surface area is 120 Å². The minimum Gasteiger partial charge on any atom is -0.486 e. The largest absolute Gasteiger partial charge is 0.486 e. The van der Waals surface area contributed by atoms with Crippen LogP contribution >= 0.6 is 0 Å². The molecule has 0 aliphatic carbocycles. The van der Waals surface area contributed by atoms with Gasteiger partial charge in [0.1, 0.15) is 18.2 Å². The van der Waals surface area contributed by atoms with Crippen molar-refractivity contribution in [2.75, 3.05) is 5.32 Å². The van der Waals surface area contributed by atoms with Crippen molar-refractivity contribution in [1.29, 1.82) is 0 Å². The Kier molecular flexibility index (Phi) is 2.39. The zero-order chi connectivity index (χ0) is 14.6. The van der Waals surface area contributed by atoms with E-state index in [1.807, 2.05) is 19.1 Å². The van der Waals surface area contributed by atoms with Gasteiger partial charge in [-0.3, -0.25) is 9.78 Å². The summed E-state index contributed by atoms with van der Waals surface area (Å²) >= 11 is 0. The molecule has 3 heterocycles. The number of nitrogens with one attached hydrogen (secondary N) is 1. The number of nitrogens with zero attached hydrogens (tertiary/aromatic N) is 1.